The van der Waals surface area contributed by atoms with E-state index in [1.807, 2.05) is 61.5 Å². The van der Waals surface area contributed by atoms with Gasteiger partial charge in [-0.05, 0) is 42.7 Å². The van der Waals surface area contributed by atoms with Crippen molar-refractivity contribution in [1.82, 2.24) is 20.3 Å². The molecule has 1 aromatic heterocycles. The molecule has 0 unspecified atom stereocenters. The largest absolute Gasteiger partial charge is 0.465 e. The topological polar surface area (TPSA) is 80.0 Å². The quantitative estimate of drug-likeness (QED) is 0.634. The lowest BCUT2D eigenvalue weighted by Gasteiger charge is -2.19. The number of rotatable bonds is 6. The summed E-state index contributed by atoms with van der Waals surface area (Å²) in [7, 11) is 0. The highest BCUT2D eigenvalue weighted by Gasteiger charge is 2.24. The molecule has 0 saturated carbocycles. The van der Waals surface area contributed by atoms with Crippen LogP contribution in [0, 0.1) is 0 Å². The molecule has 0 bridgehead atoms. The van der Waals surface area contributed by atoms with E-state index in [9.17, 15) is 9.90 Å². The van der Waals surface area contributed by atoms with Crippen LogP contribution in [0.5, 0.6) is 0 Å². The maximum Gasteiger partial charge on any atom is 0.405 e. The van der Waals surface area contributed by atoms with Crippen molar-refractivity contribution in [2.75, 3.05) is 0 Å². The lowest BCUT2D eigenvalue weighted by atomic mass is 10.0. The summed E-state index contributed by atoms with van der Waals surface area (Å²) in [5.41, 5.74) is 3.42. The maximum atomic E-state index is 11.4. The van der Waals surface area contributed by atoms with Gasteiger partial charge in [-0.1, -0.05) is 58.4 Å². The molecule has 2 N–H and O–H groups in total. The summed E-state index contributed by atoms with van der Waals surface area (Å²) in [6.45, 7) is 1.99. The van der Waals surface area contributed by atoms with E-state index in [0.29, 0.717) is 12.8 Å². The summed E-state index contributed by atoms with van der Waals surface area (Å²) < 4.78 is 2.68. The number of nitrogens with one attached hydrogen (secondary N) is 1. The number of hydrogen-bond acceptors (Lipinski definition) is 3. The molecule has 7 heteroatoms. The number of halogens is 1. The zero-order chi connectivity index (χ0) is 18.5. The molecule has 1 heterocycles. The van der Waals surface area contributed by atoms with Gasteiger partial charge in [0.2, 0.25) is 0 Å². The second-order valence-electron chi connectivity index (χ2n) is 5.85. The predicted molar refractivity (Wildman–Crippen MR) is 102 cm³/mol. The monoisotopic (exact) mass is 414 g/mol. The van der Waals surface area contributed by atoms with Gasteiger partial charge in [-0.15, -0.1) is 5.10 Å². The molecule has 6 nitrogen and oxygen atoms in total. The van der Waals surface area contributed by atoms with E-state index in [2.05, 4.69) is 31.6 Å². The minimum Gasteiger partial charge on any atom is -0.465 e. The van der Waals surface area contributed by atoms with Crippen LogP contribution in [0.15, 0.2) is 59.1 Å². The van der Waals surface area contributed by atoms with Crippen LogP contribution in [-0.2, 0) is 12.8 Å². The van der Waals surface area contributed by atoms with Gasteiger partial charge in [0.25, 0.3) is 0 Å². The zero-order valence-electron chi connectivity index (χ0n) is 14.3. The molecule has 0 saturated heterocycles. The summed E-state index contributed by atoms with van der Waals surface area (Å²) in [5, 5.41) is 20.5. The van der Waals surface area contributed by atoms with Crippen molar-refractivity contribution in [2.24, 2.45) is 0 Å². The molecule has 0 aliphatic carbocycles. The molecule has 0 spiro atoms. The van der Waals surface area contributed by atoms with Crippen molar-refractivity contribution in [3.05, 3.63) is 76.0 Å². The molecule has 134 valence electrons. The van der Waals surface area contributed by atoms with Gasteiger partial charge in [0.1, 0.15) is 0 Å². The molecule has 0 aliphatic rings. The number of carboxylic acid groups (broad SMARTS) is 1. The van der Waals surface area contributed by atoms with E-state index < -0.39 is 12.1 Å². The second kappa shape index (κ2) is 8.14. The minimum absolute atomic E-state index is 0.455. The molecular formula is C19H19BrN4O2. The molecule has 3 aromatic rings. The lowest BCUT2D eigenvalue weighted by molar-refractivity contribution is 0.189. The fraction of sp³-hybridized carbons (Fsp3) is 0.211. The number of carbonyl (C=O) groups is 1. The van der Waals surface area contributed by atoms with E-state index in [-0.39, 0.29) is 0 Å². The van der Waals surface area contributed by atoms with Crippen LogP contribution in [0.25, 0.3) is 5.69 Å². The Balaban J connectivity index is 2.05. The first kappa shape index (κ1) is 18.1. The van der Waals surface area contributed by atoms with Gasteiger partial charge in [-0.2, -0.15) is 0 Å². The molecule has 1 amide bonds. The van der Waals surface area contributed by atoms with Gasteiger partial charge in [0.15, 0.2) is 0 Å². The Morgan fingerprint density at radius 2 is 1.88 bits per heavy atom. The molecular weight excluding hydrogens is 396 g/mol. The average molecular weight is 415 g/mol. The number of aryl methyl sites for hydroxylation is 1. The second-order valence-corrected chi connectivity index (χ2v) is 6.77. The molecule has 0 radical (unpaired) electrons. The fourth-order valence-electron chi connectivity index (χ4n) is 2.91. The van der Waals surface area contributed by atoms with Crippen LogP contribution < -0.4 is 5.32 Å². The molecule has 1 atom stereocenters. The highest BCUT2D eigenvalue weighted by atomic mass is 79.9. The fourth-order valence-corrected chi connectivity index (χ4v) is 3.17. The first-order valence-corrected chi connectivity index (χ1v) is 9.11. The van der Waals surface area contributed by atoms with Gasteiger partial charge >= 0.3 is 6.09 Å². The first-order valence-electron chi connectivity index (χ1n) is 8.32. The van der Waals surface area contributed by atoms with Gasteiger partial charge in [-0.3, -0.25) is 0 Å². The summed E-state index contributed by atoms with van der Waals surface area (Å²) in [4.78, 5) is 11.4. The third-order valence-corrected chi connectivity index (χ3v) is 4.62. The zero-order valence-corrected chi connectivity index (χ0v) is 15.8. The van der Waals surface area contributed by atoms with E-state index in [4.69, 9.17) is 0 Å². The van der Waals surface area contributed by atoms with Gasteiger partial charge in [-0.25, -0.2) is 9.48 Å². The molecule has 0 aliphatic heterocycles. The third-order valence-electron chi connectivity index (χ3n) is 4.10. The van der Waals surface area contributed by atoms with E-state index in [1.165, 1.54) is 0 Å². The summed E-state index contributed by atoms with van der Waals surface area (Å²) in [6.07, 6.45) is 0.110. The first-order chi connectivity index (χ1) is 12.6. The van der Waals surface area contributed by atoms with Gasteiger partial charge in [0, 0.05) is 4.47 Å². The summed E-state index contributed by atoms with van der Waals surface area (Å²) >= 11 is 3.43. The van der Waals surface area contributed by atoms with Crippen molar-refractivity contribution < 1.29 is 9.90 Å². The van der Waals surface area contributed by atoms with Gasteiger partial charge < -0.3 is 10.4 Å². The molecule has 0 fully saturated rings. The van der Waals surface area contributed by atoms with Crippen molar-refractivity contribution in [1.29, 1.82) is 0 Å². The smallest absolute Gasteiger partial charge is 0.405 e. The van der Waals surface area contributed by atoms with Crippen molar-refractivity contribution in [3.63, 3.8) is 0 Å². The lowest BCUT2D eigenvalue weighted by Crippen LogP contribution is -2.30. The number of aromatic nitrogens is 3. The number of nitrogens with zero attached hydrogens (tertiary/aromatic N) is 3. The SMILES string of the molecule is CCc1nnn(-c2ccc(Br)cc2)c1[C@@H](Cc1ccccc1)NC(=O)O. The molecule has 3 rings (SSSR count). The van der Waals surface area contributed by atoms with Crippen LogP contribution in [0.4, 0.5) is 4.79 Å². The third kappa shape index (κ3) is 4.11. The normalized spacial score (nSPS) is 11.9. The number of hydrogen-bond donors (Lipinski definition) is 2. The van der Waals surface area contributed by atoms with E-state index in [1.54, 1.807) is 4.68 Å². The standard InChI is InChI=1S/C19H19BrN4O2/c1-2-16-18(24(23-22-16)15-10-8-14(20)9-11-15)17(21-19(25)26)12-13-6-4-3-5-7-13/h3-11,17,21H,2,12H2,1H3,(H,25,26)/t17-/m1/s1. The van der Waals surface area contributed by atoms with E-state index >= 15 is 0 Å². The highest BCUT2D eigenvalue weighted by molar-refractivity contribution is 9.10. The number of benzene rings is 2. The summed E-state index contributed by atoms with van der Waals surface area (Å²) in [6, 6.07) is 17.0. The Morgan fingerprint density at radius 3 is 2.50 bits per heavy atom. The van der Waals surface area contributed by atoms with Crippen LogP contribution in [0.2, 0.25) is 0 Å². The van der Waals surface area contributed by atoms with Crippen LogP contribution in [-0.4, -0.2) is 26.2 Å². The van der Waals surface area contributed by atoms with Crippen molar-refractivity contribution >= 4 is 22.0 Å². The highest BCUT2D eigenvalue weighted by Crippen LogP contribution is 2.25. The van der Waals surface area contributed by atoms with Gasteiger partial charge in [0.05, 0.1) is 23.1 Å². The van der Waals surface area contributed by atoms with Crippen molar-refractivity contribution in [2.45, 2.75) is 25.8 Å². The molecule has 26 heavy (non-hydrogen) atoms. The van der Waals surface area contributed by atoms with Crippen molar-refractivity contribution in [3.8, 4) is 5.69 Å². The van der Waals surface area contributed by atoms with Crippen LogP contribution >= 0.6 is 15.9 Å². The number of amides is 1. The summed E-state index contributed by atoms with van der Waals surface area (Å²) in [5.74, 6) is 0. The average Bonchev–Trinajstić information content (AvgIpc) is 3.06. The predicted octanol–water partition coefficient (Wildman–Crippen LogP) is 4.14. The molecule has 2 aromatic carbocycles. The van der Waals surface area contributed by atoms with Crippen LogP contribution in [0.1, 0.15) is 29.9 Å². The maximum absolute atomic E-state index is 11.4. The Hall–Kier alpha value is -2.67. The Kier molecular flexibility index (Phi) is 5.68. The Labute approximate surface area is 160 Å². The van der Waals surface area contributed by atoms with Crippen LogP contribution in [0.3, 0.4) is 0 Å². The Bertz CT molecular complexity index is 878. The minimum atomic E-state index is -1.07. The van der Waals surface area contributed by atoms with E-state index in [0.717, 1.165) is 27.1 Å². The Morgan fingerprint density at radius 1 is 1.19 bits per heavy atom.